The molecule has 8 nitrogen and oxygen atoms in total. The lowest BCUT2D eigenvalue weighted by Crippen LogP contribution is -2.14. The summed E-state index contributed by atoms with van der Waals surface area (Å²) in [6.07, 6.45) is 0. The van der Waals surface area contributed by atoms with Gasteiger partial charge in [0.25, 0.3) is 0 Å². The molecule has 27 heavy (non-hydrogen) atoms. The van der Waals surface area contributed by atoms with Crippen molar-refractivity contribution in [3.05, 3.63) is 92.5 Å². The molecule has 0 aromatic heterocycles. The summed E-state index contributed by atoms with van der Waals surface area (Å²) >= 11 is 0. The third-order valence-corrected chi connectivity index (χ3v) is 4.12. The Morgan fingerprint density at radius 3 is 1.67 bits per heavy atom. The largest absolute Gasteiger partial charge is 0.391 e. The van der Waals surface area contributed by atoms with Crippen molar-refractivity contribution in [1.29, 1.82) is 0 Å². The number of nitro benzene ring substituents is 2. The van der Waals surface area contributed by atoms with E-state index in [1.54, 1.807) is 4.90 Å². The Hall–Kier alpha value is -3.94. The predicted octanol–water partition coefficient (Wildman–Crippen LogP) is 4.86. The Morgan fingerprint density at radius 2 is 1.26 bits per heavy atom. The number of hydrogen-bond donors (Lipinski definition) is 1. The highest BCUT2D eigenvalue weighted by Gasteiger charge is 2.34. The van der Waals surface area contributed by atoms with E-state index >= 15 is 0 Å². The summed E-state index contributed by atoms with van der Waals surface area (Å²) < 4.78 is 0. The van der Waals surface area contributed by atoms with Crippen LogP contribution < -0.4 is 10.6 Å². The van der Waals surface area contributed by atoms with Crippen molar-refractivity contribution in [1.82, 2.24) is 0 Å². The minimum absolute atomic E-state index is 0.160. The topological polar surface area (TPSA) is 116 Å². The van der Waals surface area contributed by atoms with E-state index in [2.05, 4.69) is 0 Å². The smallest absolute Gasteiger partial charge is 0.371 e. The van der Waals surface area contributed by atoms with E-state index in [0.717, 1.165) is 11.4 Å². The number of nitrogens with zero attached hydrogens (tertiary/aromatic N) is 3. The molecule has 2 N–H and O–H groups in total. The molecule has 0 aliphatic heterocycles. The Balaban J connectivity index is 2.34. The molecule has 0 radical (unpaired) electrons. The molecule has 0 spiro atoms. The van der Waals surface area contributed by atoms with Crippen molar-refractivity contribution in [2.24, 2.45) is 0 Å². The highest BCUT2D eigenvalue weighted by Crippen LogP contribution is 2.46. The molecule has 3 rings (SSSR count). The molecule has 0 heterocycles. The number of para-hydroxylation sites is 2. The number of benzene rings is 3. The van der Waals surface area contributed by atoms with Crippen LogP contribution in [0.3, 0.4) is 0 Å². The maximum atomic E-state index is 11.5. The second kappa shape index (κ2) is 7.12. The van der Waals surface area contributed by atoms with Gasteiger partial charge in [0.05, 0.1) is 15.5 Å². The number of aryl methyl sites for hydroxylation is 1. The van der Waals surface area contributed by atoms with Crippen molar-refractivity contribution >= 4 is 34.1 Å². The Kier molecular flexibility index (Phi) is 4.71. The molecule has 0 amide bonds. The number of anilines is 4. The average Bonchev–Trinajstić information content (AvgIpc) is 2.65. The first-order valence-corrected chi connectivity index (χ1v) is 8.04. The molecule has 8 heteroatoms. The summed E-state index contributed by atoms with van der Waals surface area (Å²) in [4.78, 5) is 23.1. The normalized spacial score (nSPS) is 10.4. The monoisotopic (exact) mass is 364 g/mol. The van der Waals surface area contributed by atoms with E-state index < -0.39 is 21.2 Å². The number of nitrogen functional groups attached to an aromatic ring is 1. The van der Waals surface area contributed by atoms with E-state index in [1.807, 2.05) is 60.7 Å². The Labute approximate surface area is 154 Å². The van der Waals surface area contributed by atoms with Crippen molar-refractivity contribution in [3.63, 3.8) is 0 Å². The summed E-state index contributed by atoms with van der Waals surface area (Å²) in [5, 5.41) is 22.9. The van der Waals surface area contributed by atoms with Crippen LogP contribution in [0.5, 0.6) is 0 Å². The zero-order valence-corrected chi connectivity index (χ0v) is 14.4. The first-order valence-electron chi connectivity index (χ1n) is 8.04. The van der Waals surface area contributed by atoms with E-state index in [-0.39, 0.29) is 11.3 Å². The van der Waals surface area contributed by atoms with Gasteiger partial charge in [-0.05, 0) is 37.3 Å². The zero-order valence-electron chi connectivity index (χ0n) is 14.4. The molecule has 3 aromatic carbocycles. The maximum Gasteiger partial charge on any atom is 0.371 e. The van der Waals surface area contributed by atoms with Crippen LogP contribution in [0, 0.1) is 27.2 Å². The minimum Gasteiger partial charge on any atom is -0.391 e. The highest BCUT2D eigenvalue weighted by atomic mass is 16.6. The molecule has 0 saturated carbocycles. The molecule has 0 fully saturated rings. The molecule has 3 aromatic rings. The number of hydrogen-bond acceptors (Lipinski definition) is 6. The quantitative estimate of drug-likeness (QED) is 0.392. The van der Waals surface area contributed by atoms with Crippen LogP contribution >= 0.6 is 0 Å². The van der Waals surface area contributed by atoms with Gasteiger partial charge in [-0.1, -0.05) is 36.4 Å². The third kappa shape index (κ3) is 3.28. The second-order valence-electron chi connectivity index (χ2n) is 5.84. The maximum absolute atomic E-state index is 11.5. The summed E-state index contributed by atoms with van der Waals surface area (Å²) in [6.45, 7) is 1.46. The van der Waals surface area contributed by atoms with E-state index in [1.165, 1.54) is 13.0 Å². The lowest BCUT2D eigenvalue weighted by molar-refractivity contribution is -0.422. The molecule has 0 aliphatic rings. The van der Waals surface area contributed by atoms with Gasteiger partial charge in [0.15, 0.2) is 0 Å². The molecule has 0 saturated heterocycles. The fourth-order valence-corrected chi connectivity index (χ4v) is 2.97. The standard InChI is InChI=1S/C19H16N4O4/c1-13-12-16(17(20)19(23(26)27)18(13)22(24)25)21(14-8-4-2-5-9-14)15-10-6-3-7-11-15/h2-12H,20H2,1H3. The molecule has 136 valence electrons. The lowest BCUT2D eigenvalue weighted by Gasteiger charge is -2.26. The van der Waals surface area contributed by atoms with Crippen LogP contribution in [0.2, 0.25) is 0 Å². The van der Waals surface area contributed by atoms with Gasteiger partial charge in [-0.3, -0.25) is 20.2 Å². The van der Waals surface area contributed by atoms with Crippen LogP contribution in [0.4, 0.5) is 34.1 Å². The number of nitro groups is 2. The Morgan fingerprint density at radius 1 is 0.815 bits per heavy atom. The summed E-state index contributed by atoms with van der Waals surface area (Å²) in [5.74, 6) is 0. The van der Waals surface area contributed by atoms with Gasteiger partial charge in [-0.15, -0.1) is 0 Å². The summed E-state index contributed by atoms with van der Waals surface area (Å²) in [7, 11) is 0. The third-order valence-electron chi connectivity index (χ3n) is 4.12. The van der Waals surface area contributed by atoms with Gasteiger partial charge in [0.2, 0.25) is 0 Å². The molecular weight excluding hydrogens is 348 g/mol. The van der Waals surface area contributed by atoms with Crippen LogP contribution in [0.15, 0.2) is 66.7 Å². The van der Waals surface area contributed by atoms with Crippen LogP contribution in [0.1, 0.15) is 5.56 Å². The number of rotatable bonds is 5. The first-order chi connectivity index (χ1) is 12.9. The van der Waals surface area contributed by atoms with E-state index in [4.69, 9.17) is 5.73 Å². The van der Waals surface area contributed by atoms with Crippen molar-refractivity contribution in [2.45, 2.75) is 6.92 Å². The summed E-state index contributed by atoms with van der Waals surface area (Å²) in [5.41, 5.74) is 6.43. The molecule has 0 aliphatic carbocycles. The highest BCUT2D eigenvalue weighted by molar-refractivity contribution is 5.91. The van der Waals surface area contributed by atoms with Crippen LogP contribution in [-0.4, -0.2) is 9.85 Å². The average molecular weight is 364 g/mol. The molecule has 0 unspecified atom stereocenters. The van der Waals surface area contributed by atoms with Gasteiger partial charge in [-0.25, -0.2) is 0 Å². The summed E-state index contributed by atoms with van der Waals surface area (Å²) in [6, 6.07) is 19.8. The molecular formula is C19H16N4O4. The van der Waals surface area contributed by atoms with Gasteiger partial charge >= 0.3 is 11.4 Å². The van der Waals surface area contributed by atoms with Crippen LogP contribution in [0.25, 0.3) is 0 Å². The zero-order chi connectivity index (χ0) is 19.6. The molecule has 0 bridgehead atoms. The van der Waals surface area contributed by atoms with Crippen molar-refractivity contribution < 1.29 is 9.85 Å². The number of nitrogens with two attached hydrogens (primary N) is 1. The van der Waals surface area contributed by atoms with Crippen molar-refractivity contribution in [2.75, 3.05) is 10.6 Å². The predicted molar refractivity (Wildman–Crippen MR) is 104 cm³/mol. The molecule has 0 atom stereocenters. The van der Waals surface area contributed by atoms with Gasteiger partial charge in [0, 0.05) is 16.9 Å². The second-order valence-corrected chi connectivity index (χ2v) is 5.84. The lowest BCUT2D eigenvalue weighted by atomic mass is 10.1. The first kappa shape index (κ1) is 17.9. The van der Waals surface area contributed by atoms with Crippen LogP contribution in [-0.2, 0) is 0 Å². The SMILES string of the molecule is Cc1cc(N(c2ccccc2)c2ccccc2)c(N)c([N+](=O)[O-])c1[N+](=O)[O-]. The van der Waals surface area contributed by atoms with Gasteiger partial charge in [0.1, 0.15) is 5.69 Å². The Bertz CT molecular complexity index is 968. The van der Waals surface area contributed by atoms with Gasteiger partial charge < -0.3 is 10.6 Å². The van der Waals surface area contributed by atoms with E-state index in [9.17, 15) is 20.2 Å². The van der Waals surface area contributed by atoms with E-state index in [0.29, 0.717) is 5.69 Å². The minimum atomic E-state index is -0.807. The van der Waals surface area contributed by atoms with Gasteiger partial charge in [-0.2, -0.15) is 0 Å². The van der Waals surface area contributed by atoms with Crippen molar-refractivity contribution in [3.8, 4) is 0 Å². The fourth-order valence-electron chi connectivity index (χ4n) is 2.97. The fraction of sp³-hybridized carbons (Fsp3) is 0.0526.